The van der Waals surface area contributed by atoms with E-state index >= 15 is 0 Å². The number of pyridine rings is 1. The van der Waals surface area contributed by atoms with Crippen molar-refractivity contribution >= 4 is 37.2 Å². The summed E-state index contributed by atoms with van der Waals surface area (Å²) in [6, 6.07) is 15.5. The van der Waals surface area contributed by atoms with Gasteiger partial charge in [-0.05, 0) is 128 Å². The highest BCUT2D eigenvalue weighted by Gasteiger charge is 2.47. The Morgan fingerprint density at radius 2 is 1.68 bits per heavy atom. The van der Waals surface area contributed by atoms with Crippen molar-refractivity contribution in [2.75, 3.05) is 13.2 Å². The van der Waals surface area contributed by atoms with Crippen LogP contribution in [-0.4, -0.2) is 71.7 Å². The number of carbonyl (C=O) groups excluding carboxylic acids is 3. The fraction of sp³-hybridized carbons (Fsp3) is 0.569. The van der Waals surface area contributed by atoms with Crippen LogP contribution in [0.5, 0.6) is 5.75 Å². The number of nitrogens with one attached hydrogen (secondary N) is 2. The minimum absolute atomic E-state index is 0.159. The summed E-state index contributed by atoms with van der Waals surface area (Å²) >= 11 is 0. The average Bonchev–Trinajstić information content (AvgIpc) is 3.51. The van der Waals surface area contributed by atoms with Crippen molar-refractivity contribution in [1.29, 1.82) is 0 Å². The molecule has 2 aromatic heterocycles. The zero-order chi connectivity index (χ0) is 46.2. The van der Waals surface area contributed by atoms with Gasteiger partial charge in [0.2, 0.25) is 0 Å². The van der Waals surface area contributed by atoms with Crippen molar-refractivity contribution in [2.45, 2.75) is 169 Å². The molecule has 0 spiro atoms. The molecule has 11 nitrogen and oxygen atoms in total. The largest absolute Gasteiger partial charge is 0.543 e. The molecule has 2 aliphatic rings. The van der Waals surface area contributed by atoms with Gasteiger partial charge in [-0.2, -0.15) is 0 Å². The first-order chi connectivity index (χ1) is 29.5. The van der Waals surface area contributed by atoms with Crippen molar-refractivity contribution < 1.29 is 28.3 Å². The van der Waals surface area contributed by atoms with Gasteiger partial charge in [0.25, 0.3) is 14.2 Å². The lowest BCUT2D eigenvalue weighted by molar-refractivity contribution is -0.155. The molecular weight excluding hydrogens is 807 g/mol. The molecule has 2 N–H and O–H groups in total. The Balaban J connectivity index is 1.63. The highest BCUT2D eigenvalue weighted by Crippen LogP contribution is 2.45. The van der Waals surface area contributed by atoms with Crippen molar-refractivity contribution in [3.05, 3.63) is 71.5 Å². The second-order valence-electron chi connectivity index (χ2n) is 20.8. The topological polar surface area (TPSA) is 124 Å². The first-order valence-corrected chi connectivity index (χ1v) is 25.4. The molecule has 2 aromatic carbocycles. The number of aryl methyl sites for hydroxylation is 1. The number of nitrogens with zero attached hydrogens (tertiary/aromatic N) is 3. The van der Waals surface area contributed by atoms with Crippen LogP contribution < -0.4 is 15.2 Å². The fourth-order valence-electron chi connectivity index (χ4n) is 10.1. The lowest BCUT2D eigenvalue weighted by Gasteiger charge is -2.42. The van der Waals surface area contributed by atoms with E-state index in [1.165, 1.54) is 10.6 Å². The number of ether oxygens (including phenoxy) is 2. The average molecular weight is 880 g/mol. The second kappa shape index (κ2) is 18.8. The Hall–Kier alpha value is -4.68. The van der Waals surface area contributed by atoms with Gasteiger partial charge in [0.15, 0.2) is 0 Å². The molecule has 0 radical (unpaired) electrons. The normalized spacial score (nSPS) is 18.9. The van der Waals surface area contributed by atoms with Crippen LogP contribution in [0.3, 0.4) is 0 Å². The monoisotopic (exact) mass is 880 g/mol. The van der Waals surface area contributed by atoms with E-state index in [1.807, 2.05) is 18.3 Å². The Labute approximate surface area is 377 Å². The van der Waals surface area contributed by atoms with Crippen molar-refractivity contribution in [3.63, 3.8) is 0 Å². The summed E-state index contributed by atoms with van der Waals surface area (Å²) in [6.45, 7) is 31.2. The van der Waals surface area contributed by atoms with Crippen molar-refractivity contribution in [3.8, 4) is 28.1 Å². The van der Waals surface area contributed by atoms with Gasteiger partial charge in [0.05, 0.1) is 18.0 Å². The maximum absolute atomic E-state index is 14.6. The van der Waals surface area contributed by atoms with Gasteiger partial charge in [-0.25, -0.2) is 10.2 Å². The third-order valence-electron chi connectivity index (χ3n) is 12.9. The molecule has 6 rings (SSSR count). The number of hydrogen-bond acceptors (Lipinski definition) is 8. The Kier molecular flexibility index (Phi) is 14.3. The maximum atomic E-state index is 14.6. The number of cyclic esters (lactones) is 1. The predicted molar refractivity (Wildman–Crippen MR) is 255 cm³/mol. The molecule has 4 heterocycles. The van der Waals surface area contributed by atoms with Crippen molar-refractivity contribution in [2.24, 2.45) is 5.41 Å². The molecule has 6 bridgehead atoms. The van der Waals surface area contributed by atoms with E-state index in [9.17, 15) is 14.4 Å². The molecule has 0 unspecified atom stereocenters. The van der Waals surface area contributed by atoms with Crippen LogP contribution in [0.4, 0.5) is 4.79 Å². The molecule has 63 heavy (non-hydrogen) atoms. The van der Waals surface area contributed by atoms with Crippen LogP contribution >= 0.6 is 0 Å². The number of benzene rings is 2. The summed E-state index contributed by atoms with van der Waals surface area (Å²) in [7, 11) is -2.44. The van der Waals surface area contributed by atoms with Gasteiger partial charge >= 0.3 is 12.1 Å². The second-order valence-corrected chi connectivity index (χ2v) is 26.2. The van der Waals surface area contributed by atoms with Crippen LogP contribution in [0.25, 0.3) is 33.3 Å². The zero-order valence-electron chi connectivity index (χ0n) is 40.4. The first kappa shape index (κ1) is 47.8. The van der Waals surface area contributed by atoms with E-state index in [4.69, 9.17) is 18.9 Å². The Morgan fingerprint density at radius 3 is 2.32 bits per heavy atom. The summed E-state index contributed by atoms with van der Waals surface area (Å²) in [5.74, 6) is 0.183. The lowest BCUT2D eigenvalue weighted by Crippen LogP contribution is -2.60. The number of esters is 1. The third kappa shape index (κ3) is 10.3. The molecule has 2 aliphatic heterocycles. The molecule has 342 valence electrons. The van der Waals surface area contributed by atoms with E-state index < -0.39 is 43.5 Å². The molecule has 1 fully saturated rings. The van der Waals surface area contributed by atoms with Gasteiger partial charge in [-0.15, -0.1) is 0 Å². The minimum atomic E-state index is -2.44. The molecule has 2 atom stereocenters. The van der Waals surface area contributed by atoms with Crippen LogP contribution in [0.15, 0.2) is 54.7 Å². The highest BCUT2D eigenvalue weighted by atomic mass is 28.4. The zero-order valence-corrected chi connectivity index (χ0v) is 41.4. The summed E-state index contributed by atoms with van der Waals surface area (Å²) in [5.41, 5.74) is 11.3. The number of amides is 2. The highest BCUT2D eigenvalue weighted by molar-refractivity contribution is 6.78. The van der Waals surface area contributed by atoms with E-state index in [0.717, 1.165) is 56.8 Å². The fourth-order valence-corrected chi connectivity index (χ4v) is 15.4. The molecular formula is C51H73N5O6Si. The van der Waals surface area contributed by atoms with Gasteiger partial charge in [-0.3, -0.25) is 19.6 Å². The van der Waals surface area contributed by atoms with Crippen LogP contribution in [0.2, 0.25) is 16.6 Å². The van der Waals surface area contributed by atoms with Gasteiger partial charge < -0.3 is 23.8 Å². The SMILES string of the molecule is CCn1c(-c2cccnc2C(C)C)c2c3cc(ccc31)-c1cc(cc(O[Si](C(C)C)(C(C)C)C(C)C)c1)C[C@H](NC(=O)OC(C)(C)C)C(=O)N1CCC[C@H](N1)C(=O)OCC(C)(C)C2. The number of alkyl carbamates (subject to hydrolysis) is 1. The Bertz CT molecular complexity index is 2280. The molecule has 0 saturated carbocycles. The lowest BCUT2D eigenvalue weighted by atomic mass is 9.83. The molecule has 12 heteroatoms. The minimum Gasteiger partial charge on any atom is -0.543 e. The van der Waals surface area contributed by atoms with Crippen LogP contribution in [-0.2, 0) is 38.4 Å². The first-order valence-electron chi connectivity index (χ1n) is 23.2. The molecule has 0 aliphatic carbocycles. The summed E-state index contributed by atoms with van der Waals surface area (Å²) in [4.78, 5) is 46.9. The number of aromatic nitrogens is 2. The van der Waals surface area contributed by atoms with Gasteiger partial charge in [0, 0.05) is 47.6 Å². The number of hydrazine groups is 1. The number of carbonyl (C=O) groups is 3. The summed E-state index contributed by atoms with van der Waals surface area (Å²) < 4.78 is 21.7. The van der Waals surface area contributed by atoms with Crippen LogP contribution in [0, 0.1) is 5.41 Å². The van der Waals surface area contributed by atoms with Gasteiger partial charge in [-0.1, -0.05) is 81.4 Å². The maximum Gasteiger partial charge on any atom is 0.408 e. The van der Waals surface area contributed by atoms with E-state index in [0.29, 0.717) is 42.4 Å². The van der Waals surface area contributed by atoms with E-state index in [-0.39, 0.29) is 24.9 Å². The molecule has 2 amide bonds. The van der Waals surface area contributed by atoms with Gasteiger partial charge in [0.1, 0.15) is 23.4 Å². The quantitative estimate of drug-likeness (QED) is 0.126. The van der Waals surface area contributed by atoms with Crippen molar-refractivity contribution in [1.82, 2.24) is 25.3 Å². The number of fused-ring (bicyclic) bond motifs is 6. The smallest absolute Gasteiger partial charge is 0.408 e. The summed E-state index contributed by atoms with van der Waals surface area (Å²) in [5, 5.41) is 5.51. The number of rotatable bonds is 9. The summed E-state index contributed by atoms with van der Waals surface area (Å²) in [6.07, 6.45) is 3.07. The molecule has 4 aromatic rings. The number of hydrogen-bond donors (Lipinski definition) is 2. The van der Waals surface area contributed by atoms with E-state index in [1.54, 1.807) is 20.8 Å². The Morgan fingerprint density at radius 1 is 0.984 bits per heavy atom. The standard InChI is InChI=1S/C51H73N5O6Si/c1-15-55-44-21-20-36-28-40(44)41(46(55)39-18-16-22-52-45(39)31(2)3)29-51(13,14)30-60-48(58)42-19-17-23-56(54-42)47(57)43(53-49(59)61-50(10,11)12)26-35-24-37(36)27-38(25-35)62-63(32(4)5,33(6)7)34(8)9/h16,18,20-22,24-25,27-28,31-34,42-43,54H,15,17,19,23,26,29-30H2,1-14H3,(H,53,59)/t42-,43-/m0/s1. The van der Waals surface area contributed by atoms with Crippen LogP contribution in [0.1, 0.15) is 133 Å². The predicted octanol–water partition coefficient (Wildman–Crippen LogP) is 11.1. The third-order valence-corrected chi connectivity index (χ3v) is 18.9. The van der Waals surface area contributed by atoms with E-state index in [2.05, 4.69) is 128 Å². The molecule has 1 saturated heterocycles.